The highest BCUT2D eigenvalue weighted by Crippen LogP contribution is 2.26. The van der Waals surface area contributed by atoms with E-state index in [1.165, 1.54) is 0 Å². The van der Waals surface area contributed by atoms with Gasteiger partial charge in [-0.15, -0.1) is 0 Å². The summed E-state index contributed by atoms with van der Waals surface area (Å²) in [5.74, 6) is 0.739. The molecule has 4 heteroatoms. The minimum absolute atomic E-state index is 0.604. The van der Waals surface area contributed by atoms with Crippen LogP contribution in [-0.2, 0) is 6.54 Å². The first-order chi connectivity index (χ1) is 7.74. The average Bonchev–Trinajstić information content (AvgIpc) is 2.87. The third kappa shape index (κ3) is 2.03. The molecule has 0 radical (unpaired) electrons. The summed E-state index contributed by atoms with van der Waals surface area (Å²) >= 11 is 1.61. The van der Waals surface area contributed by atoms with E-state index in [0.29, 0.717) is 0 Å². The van der Waals surface area contributed by atoms with Crippen molar-refractivity contribution in [2.45, 2.75) is 32.9 Å². The van der Waals surface area contributed by atoms with Gasteiger partial charge in [0.25, 0.3) is 0 Å². The zero-order chi connectivity index (χ0) is 11.5. The van der Waals surface area contributed by atoms with E-state index in [1.807, 2.05) is 28.4 Å². The second kappa shape index (κ2) is 4.80. The lowest BCUT2D eigenvalue weighted by molar-refractivity contribution is 0.204. The van der Waals surface area contributed by atoms with E-state index in [-0.39, 0.29) is 0 Å². The highest BCUT2D eigenvalue weighted by molar-refractivity contribution is 7.08. The minimum Gasteiger partial charge on any atom is -0.380 e. The molecule has 1 N–H and O–H groups in total. The predicted octanol–water partition coefficient (Wildman–Crippen LogP) is 2.74. The van der Waals surface area contributed by atoms with Gasteiger partial charge in [-0.05, 0) is 29.7 Å². The summed E-state index contributed by atoms with van der Waals surface area (Å²) in [5.41, 5.74) is 2.09. The van der Waals surface area contributed by atoms with E-state index >= 15 is 0 Å². The molecule has 0 saturated heterocycles. The molecule has 0 fully saturated rings. The van der Waals surface area contributed by atoms with Gasteiger partial charge >= 0.3 is 0 Å². The summed E-state index contributed by atoms with van der Waals surface area (Å²) in [7, 11) is 0. The number of rotatable bonds is 4. The number of nitrogens with zero attached hydrogens (tertiary/aromatic N) is 2. The van der Waals surface area contributed by atoms with Crippen LogP contribution >= 0.6 is 11.3 Å². The van der Waals surface area contributed by atoms with Gasteiger partial charge in [0.1, 0.15) is 11.9 Å². The molecule has 16 heavy (non-hydrogen) atoms. The first kappa shape index (κ1) is 11.4. The van der Waals surface area contributed by atoms with Crippen molar-refractivity contribution >= 4 is 11.3 Å². The van der Waals surface area contributed by atoms with Crippen LogP contribution in [-0.4, -0.2) is 14.7 Å². The Morgan fingerprint density at radius 1 is 1.50 bits per heavy atom. The minimum atomic E-state index is -0.604. The molecule has 1 unspecified atom stereocenters. The van der Waals surface area contributed by atoms with Gasteiger partial charge in [-0.25, -0.2) is 4.98 Å². The molecule has 0 aliphatic carbocycles. The smallest absolute Gasteiger partial charge is 0.142 e. The van der Waals surface area contributed by atoms with Crippen LogP contribution in [0.2, 0.25) is 0 Å². The van der Waals surface area contributed by atoms with E-state index in [0.717, 1.165) is 29.9 Å². The molecule has 2 rings (SSSR count). The Labute approximate surface area is 99.4 Å². The molecule has 0 saturated carbocycles. The molecular formula is C12H16N2OS. The first-order valence-electron chi connectivity index (χ1n) is 5.45. The Bertz CT molecular complexity index is 461. The molecule has 0 aromatic carbocycles. The molecule has 0 aliphatic rings. The standard InChI is InChI=1S/C12H16N2OS/c1-3-5-14-6-4-13-12(14)11(15)10-8-16-7-9(10)2/h4,6-8,11,15H,3,5H2,1-2H3. The summed E-state index contributed by atoms with van der Waals surface area (Å²) in [5, 5.41) is 14.3. The Morgan fingerprint density at radius 3 is 2.94 bits per heavy atom. The van der Waals surface area contributed by atoms with Crippen LogP contribution in [0.4, 0.5) is 0 Å². The van der Waals surface area contributed by atoms with Crippen molar-refractivity contribution in [3.63, 3.8) is 0 Å². The van der Waals surface area contributed by atoms with Gasteiger partial charge in [0, 0.05) is 24.5 Å². The Balaban J connectivity index is 2.30. The second-order valence-electron chi connectivity index (χ2n) is 3.89. The number of imidazole rings is 1. The van der Waals surface area contributed by atoms with Crippen LogP contribution in [0.15, 0.2) is 23.2 Å². The molecule has 3 nitrogen and oxygen atoms in total. The van der Waals surface area contributed by atoms with Gasteiger partial charge in [0.05, 0.1) is 0 Å². The number of aliphatic hydroxyl groups is 1. The largest absolute Gasteiger partial charge is 0.380 e. The Kier molecular flexibility index (Phi) is 3.41. The monoisotopic (exact) mass is 236 g/mol. The van der Waals surface area contributed by atoms with Crippen LogP contribution < -0.4 is 0 Å². The fourth-order valence-corrected chi connectivity index (χ4v) is 2.66. The van der Waals surface area contributed by atoms with Crippen molar-refractivity contribution in [3.05, 3.63) is 40.1 Å². The summed E-state index contributed by atoms with van der Waals surface area (Å²) in [6.07, 6.45) is 4.10. The maximum absolute atomic E-state index is 10.3. The number of hydrogen-bond acceptors (Lipinski definition) is 3. The molecule has 0 amide bonds. The Hall–Kier alpha value is -1.13. The van der Waals surface area contributed by atoms with E-state index in [9.17, 15) is 5.11 Å². The number of aryl methyl sites for hydroxylation is 2. The van der Waals surface area contributed by atoms with Crippen LogP contribution in [0.5, 0.6) is 0 Å². The van der Waals surface area contributed by atoms with Crippen molar-refractivity contribution < 1.29 is 5.11 Å². The van der Waals surface area contributed by atoms with Crippen molar-refractivity contribution in [1.29, 1.82) is 0 Å². The van der Waals surface area contributed by atoms with Crippen molar-refractivity contribution in [2.24, 2.45) is 0 Å². The van der Waals surface area contributed by atoms with Crippen LogP contribution in [0.3, 0.4) is 0 Å². The molecule has 0 bridgehead atoms. The number of thiophene rings is 1. The van der Waals surface area contributed by atoms with Gasteiger partial charge in [-0.3, -0.25) is 0 Å². The normalized spacial score (nSPS) is 12.9. The summed E-state index contributed by atoms with van der Waals surface area (Å²) in [6.45, 7) is 5.03. The topological polar surface area (TPSA) is 38.0 Å². The molecule has 0 aliphatic heterocycles. The predicted molar refractivity (Wildman–Crippen MR) is 65.6 cm³/mol. The molecular weight excluding hydrogens is 220 g/mol. The van der Waals surface area contributed by atoms with Crippen LogP contribution in [0, 0.1) is 6.92 Å². The maximum Gasteiger partial charge on any atom is 0.142 e. The summed E-state index contributed by atoms with van der Waals surface area (Å²) < 4.78 is 2.02. The molecule has 2 heterocycles. The van der Waals surface area contributed by atoms with Gasteiger partial charge in [-0.2, -0.15) is 11.3 Å². The van der Waals surface area contributed by atoms with Crippen molar-refractivity contribution in [1.82, 2.24) is 9.55 Å². The lowest BCUT2D eigenvalue weighted by atomic mass is 10.1. The Morgan fingerprint density at radius 2 is 2.31 bits per heavy atom. The highest BCUT2D eigenvalue weighted by Gasteiger charge is 2.18. The first-order valence-corrected chi connectivity index (χ1v) is 6.40. The fraction of sp³-hybridized carbons (Fsp3) is 0.417. The molecule has 86 valence electrons. The second-order valence-corrected chi connectivity index (χ2v) is 4.64. The van der Waals surface area contributed by atoms with Gasteiger partial charge in [0.15, 0.2) is 0 Å². The molecule has 2 aromatic rings. The van der Waals surface area contributed by atoms with Crippen molar-refractivity contribution in [3.8, 4) is 0 Å². The third-order valence-corrected chi connectivity index (χ3v) is 3.53. The van der Waals surface area contributed by atoms with E-state index < -0.39 is 6.10 Å². The van der Waals surface area contributed by atoms with E-state index in [1.54, 1.807) is 17.5 Å². The van der Waals surface area contributed by atoms with Crippen LogP contribution in [0.25, 0.3) is 0 Å². The third-order valence-electron chi connectivity index (χ3n) is 2.65. The number of hydrogen-bond donors (Lipinski definition) is 1. The van der Waals surface area contributed by atoms with Crippen molar-refractivity contribution in [2.75, 3.05) is 0 Å². The van der Waals surface area contributed by atoms with Gasteiger partial charge in [0.2, 0.25) is 0 Å². The fourth-order valence-electron chi connectivity index (χ4n) is 1.79. The molecule has 0 spiro atoms. The van der Waals surface area contributed by atoms with Gasteiger partial charge < -0.3 is 9.67 Å². The lowest BCUT2D eigenvalue weighted by Crippen LogP contribution is -2.09. The lowest BCUT2D eigenvalue weighted by Gasteiger charge is -2.12. The quantitative estimate of drug-likeness (QED) is 0.886. The van der Waals surface area contributed by atoms with E-state index in [2.05, 4.69) is 11.9 Å². The van der Waals surface area contributed by atoms with Crippen LogP contribution in [0.1, 0.15) is 36.4 Å². The zero-order valence-corrected chi connectivity index (χ0v) is 10.4. The molecule has 2 aromatic heterocycles. The zero-order valence-electron chi connectivity index (χ0n) is 9.55. The summed E-state index contributed by atoms with van der Waals surface area (Å²) in [6, 6.07) is 0. The highest BCUT2D eigenvalue weighted by atomic mass is 32.1. The SMILES string of the molecule is CCCn1ccnc1C(O)c1cscc1C. The van der Waals surface area contributed by atoms with E-state index in [4.69, 9.17) is 0 Å². The van der Waals surface area contributed by atoms with Gasteiger partial charge in [-0.1, -0.05) is 6.92 Å². The summed E-state index contributed by atoms with van der Waals surface area (Å²) in [4.78, 5) is 4.25. The number of aliphatic hydroxyl groups excluding tert-OH is 1. The average molecular weight is 236 g/mol. The number of aromatic nitrogens is 2. The maximum atomic E-state index is 10.3. The molecule has 1 atom stereocenters.